The van der Waals surface area contributed by atoms with Crippen molar-refractivity contribution in [2.75, 3.05) is 6.54 Å². The Labute approximate surface area is 131 Å². The number of fused-ring (bicyclic) bond motifs is 1. The quantitative estimate of drug-likeness (QED) is 0.772. The van der Waals surface area contributed by atoms with E-state index in [9.17, 15) is 4.79 Å². The number of furan rings is 1. The summed E-state index contributed by atoms with van der Waals surface area (Å²) in [5.41, 5.74) is 1.53. The molecule has 0 spiro atoms. The number of amides is 1. The average Bonchev–Trinajstić information content (AvgIpc) is 2.89. The van der Waals surface area contributed by atoms with Crippen LogP contribution >= 0.6 is 15.9 Å². The van der Waals surface area contributed by atoms with E-state index in [-0.39, 0.29) is 5.91 Å². The summed E-state index contributed by atoms with van der Waals surface area (Å²) in [7, 11) is 0. The highest BCUT2D eigenvalue weighted by Gasteiger charge is 2.07. The molecule has 106 valence electrons. The summed E-state index contributed by atoms with van der Waals surface area (Å²) in [4.78, 5) is 12.0. The molecule has 0 saturated heterocycles. The number of nitrogens with one attached hydrogen (secondary N) is 1. The number of halogens is 1. The van der Waals surface area contributed by atoms with Crippen LogP contribution in [-0.4, -0.2) is 12.5 Å². The Morgan fingerprint density at radius 1 is 1.10 bits per heavy atom. The van der Waals surface area contributed by atoms with Crippen molar-refractivity contribution >= 4 is 32.8 Å². The second-order valence-corrected chi connectivity index (χ2v) is 5.68. The molecule has 3 aromatic rings. The molecule has 21 heavy (non-hydrogen) atoms. The normalized spacial score (nSPS) is 10.7. The predicted octanol–water partition coefficient (Wildman–Crippen LogP) is 4.17. The first-order chi connectivity index (χ1) is 10.2. The highest BCUT2D eigenvalue weighted by atomic mass is 79.9. The molecule has 0 aliphatic heterocycles. The molecule has 2 aromatic carbocycles. The van der Waals surface area contributed by atoms with Gasteiger partial charge in [-0.3, -0.25) is 4.79 Å². The van der Waals surface area contributed by atoms with Crippen LogP contribution in [-0.2, 0) is 6.42 Å². The lowest BCUT2D eigenvalue weighted by Gasteiger charge is -2.04. The highest BCUT2D eigenvalue weighted by Crippen LogP contribution is 2.18. The van der Waals surface area contributed by atoms with E-state index in [1.165, 1.54) is 0 Å². The Morgan fingerprint density at radius 2 is 1.95 bits per heavy atom. The van der Waals surface area contributed by atoms with Gasteiger partial charge in [-0.2, -0.15) is 0 Å². The number of benzene rings is 2. The molecule has 0 aliphatic carbocycles. The Hall–Kier alpha value is -2.07. The molecule has 3 rings (SSSR count). The summed E-state index contributed by atoms with van der Waals surface area (Å²) in [5, 5.41) is 3.99. The van der Waals surface area contributed by atoms with E-state index in [1.807, 2.05) is 42.5 Å². The van der Waals surface area contributed by atoms with Crippen molar-refractivity contribution in [3.05, 3.63) is 70.4 Å². The average molecular weight is 344 g/mol. The van der Waals surface area contributed by atoms with Crippen LogP contribution in [0.5, 0.6) is 0 Å². The van der Waals surface area contributed by atoms with E-state index >= 15 is 0 Å². The van der Waals surface area contributed by atoms with E-state index < -0.39 is 0 Å². The van der Waals surface area contributed by atoms with E-state index in [0.29, 0.717) is 18.5 Å². The number of para-hydroxylation sites is 1. The topological polar surface area (TPSA) is 42.2 Å². The molecule has 1 N–H and O–H groups in total. The monoisotopic (exact) mass is 343 g/mol. The van der Waals surface area contributed by atoms with Gasteiger partial charge in [0.2, 0.25) is 0 Å². The van der Waals surface area contributed by atoms with Crippen LogP contribution in [0.2, 0.25) is 0 Å². The summed E-state index contributed by atoms with van der Waals surface area (Å²) in [5.74, 6) is 0.804. The Morgan fingerprint density at radius 3 is 2.76 bits per heavy atom. The lowest BCUT2D eigenvalue weighted by atomic mass is 10.2. The van der Waals surface area contributed by atoms with Gasteiger partial charge in [0.1, 0.15) is 11.3 Å². The maximum Gasteiger partial charge on any atom is 0.251 e. The number of hydrogen-bond acceptors (Lipinski definition) is 2. The van der Waals surface area contributed by atoms with Gasteiger partial charge in [0, 0.05) is 28.4 Å². The van der Waals surface area contributed by atoms with E-state index in [1.54, 1.807) is 12.1 Å². The third-order valence-electron chi connectivity index (χ3n) is 3.22. The van der Waals surface area contributed by atoms with Crippen LogP contribution in [0, 0.1) is 0 Å². The van der Waals surface area contributed by atoms with Crippen LogP contribution in [0.4, 0.5) is 0 Å². The van der Waals surface area contributed by atoms with Crippen molar-refractivity contribution in [2.45, 2.75) is 6.42 Å². The van der Waals surface area contributed by atoms with Crippen molar-refractivity contribution in [1.82, 2.24) is 5.32 Å². The van der Waals surface area contributed by atoms with E-state index in [0.717, 1.165) is 21.2 Å². The van der Waals surface area contributed by atoms with Crippen molar-refractivity contribution in [1.29, 1.82) is 0 Å². The highest BCUT2D eigenvalue weighted by molar-refractivity contribution is 9.10. The first-order valence-corrected chi connectivity index (χ1v) is 7.53. The Bertz CT molecular complexity index is 746. The molecule has 3 nitrogen and oxygen atoms in total. The van der Waals surface area contributed by atoms with Gasteiger partial charge in [-0.15, -0.1) is 0 Å². The summed E-state index contributed by atoms with van der Waals surface area (Å²) in [6.45, 7) is 0.547. The number of carbonyl (C=O) groups is 1. The SMILES string of the molecule is O=C(NCCc1cc2ccccc2o1)c1cccc(Br)c1. The molecule has 0 unspecified atom stereocenters. The van der Waals surface area contributed by atoms with Crippen LogP contribution in [0.15, 0.2) is 63.5 Å². The first-order valence-electron chi connectivity index (χ1n) is 6.73. The van der Waals surface area contributed by atoms with E-state index in [2.05, 4.69) is 21.2 Å². The van der Waals surface area contributed by atoms with Crippen molar-refractivity contribution in [3.63, 3.8) is 0 Å². The fourth-order valence-corrected chi connectivity index (χ4v) is 2.59. The fourth-order valence-electron chi connectivity index (χ4n) is 2.19. The molecule has 1 aromatic heterocycles. The molecule has 0 aliphatic rings. The van der Waals surface area contributed by atoms with Crippen LogP contribution in [0.3, 0.4) is 0 Å². The van der Waals surface area contributed by atoms with Gasteiger partial charge in [-0.1, -0.05) is 40.2 Å². The maximum absolute atomic E-state index is 12.0. The minimum atomic E-state index is -0.0765. The molecule has 4 heteroatoms. The zero-order chi connectivity index (χ0) is 14.7. The van der Waals surface area contributed by atoms with Gasteiger partial charge in [-0.25, -0.2) is 0 Å². The molecule has 0 saturated carbocycles. The maximum atomic E-state index is 12.0. The molecular weight excluding hydrogens is 330 g/mol. The third-order valence-corrected chi connectivity index (χ3v) is 3.71. The molecular formula is C17H14BrNO2. The number of rotatable bonds is 4. The fraction of sp³-hybridized carbons (Fsp3) is 0.118. The molecule has 0 bridgehead atoms. The van der Waals surface area contributed by atoms with Crippen LogP contribution < -0.4 is 5.32 Å². The Kier molecular flexibility index (Phi) is 4.06. The molecule has 1 heterocycles. The zero-order valence-corrected chi connectivity index (χ0v) is 12.9. The van der Waals surface area contributed by atoms with Gasteiger partial charge in [0.15, 0.2) is 0 Å². The van der Waals surface area contributed by atoms with Gasteiger partial charge in [0.25, 0.3) is 5.91 Å². The summed E-state index contributed by atoms with van der Waals surface area (Å²) < 4.78 is 6.61. The van der Waals surface area contributed by atoms with Gasteiger partial charge < -0.3 is 9.73 Å². The summed E-state index contributed by atoms with van der Waals surface area (Å²) in [6, 6.07) is 17.2. The minimum Gasteiger partial charge on any atom is -0.461 e. The summed E-state index contributed by atoms with van der Waals surface area (Å²) in [6.07, 6.45) is 0.675. The van der Waals surface area contributed by atoms with Crippen LogP contribution in [0.25, 0.3) is 11.0 Å². The molecule has 1 amide bonds. The lowest BCUT2D eigenvalue weighted by Crippen LogP contribution is -2.25. The third kappa shape index (κ3) is 3.34. The smallest absolute Gasteiger partial charge is 0.251 e. The lowest BCUT2D eigenvalue weighted by molar-refractivity contribution is 0.0953. The minimum absolute atomic E-state index is 0.0765. The van der Waals surface area contributed by atoms with Crippen molar-refractivity contribution in [2.24, 2.45) is 0 Å². The summed E-state index contributed by atoms with van der Waals surface area (Å²) >= 11 is 3.36. The molecule has 0 fully saturated rings. The first kappa shape index (κ1) is 13.9. The van der Waals surface area contributed by atoms with Crippen LogP contribution in [0.1, 0.15) is 16.1 Å². The molecule has 0 atom stereocenters. The van der Waals surface area contributed by atoms with E-state index in [4.69, 9.17) is 4.42 Å². The second-order valence-electron chi connectivity index (χ2n) is 4.77. The number of carbonyl (C=O) groups excluding carboxylic acids is 1. The van der Waals surface area contributed by atoms with Gasteiger partial charge in [-0.05, 0) is 30.3 Å². The molecule has 0 radical (unpaired) electrons. The van der Waals surface area contributed by atoms with Gasteiger partial charge in [0.05, 0.1) is 0 Å². The Balaban J connectivity index is 1.59. The number of hydrogen-bond donors (Lipinski definition) is 1. The standard InChI is InChI=1S/C17H14BrNO2/c18-14-6-3-5-13(10-14)17(20)19-9-8-15-11-12-4-1-2-7-16(12)21-15/h1-7,10-11H,8-9H2,(H,19,20). The van der Waals surface area contributed by atoms with Crippen molar-refractivity contribution < 1.29 is 9.21 Å². The second kappa shape index (κ2) is 6.14. The predicted molar refractivity (Wildman–Crippen MR) is 86.4 cm³/mol. The largest absolute Gasteiger partial charge is 0.461 e. The van der Waals surface area contributed by atoms with Gasteiger partial charge >= 0.3 is 0 Å². The zero-order valence-electron chi connectivity index (χ0n) is 11.3. The van der Waals surface area contributed by atoms with Crippen molar-refractivity contribution in [3.8, 4) is 0 Å².